The van der Waals surface area contributed by atoms with Gasteiger partial charge in [-0.15, -0.1) is 11.3 Å². The Hall–Kier alpha value is -1.73. The van der Waals surface area contributed by atoms with Crippen molar-refractivity contribution >= 4 is 27.3 Å². The molecule has 1 fully saturated rings. The highest BCUT2D eigenvalue weighted by Crippen LogP contribution is 2.43. The summed E-state index contributed by atoms with van der Waals surface area (Å²) < 4.78 is 40.3. The van der Waals surface area contributed by atoms with Crippen LogP contribution in [-0.2, 0) is 14.8 Å². The van der Waals surface area contributed by atoms with Gasteiger partial charge in [0.2, 0.25) is 5.91 Å². The molecule has 2 aromatic rings. The smallest absolute Gasteiger partial charge is 0.273 e. The first-order valence-electron chi connectivity index (χ1n) is 7.67. The fraction of sp³-hybridized carbons (Fsp3) is 0.353. The Morgan fingerprint density at radius 2 is 1.88 bits per heavy atom. The second kappa shape index (κ2) is 6.29. The monoisotopic (exact) mass is 367 g/mol. The number of carbonyl (C=O) groups excluding carboxylic acids is 1. The number of thiophene rings is 1. The summed E-state index contributed by atoms with van der Waals surface area (Å²) in [6.07, 6.45) is 1.42. The fourth-order valence-electron chi connectivity index (χ4n) is 3.06. The number of benzene rings is 1. The Labute approximate surface area is 144 Å². The molecule has 2 atom stereocenters. The first kappa shape index (κ1) is 17.1. The van der Waals surface area contributed by atoms with Crippen LogP contribution in [0.15, 0.2) is 34.5 Å². The lowest BCUT2D eigenvalue weighted by Crippen LogP contribution is -2.42. The minimum Gasteiger partial charge on any atom is -0.274 e. The number of amides is 1. The summed E-state index contributed by atoms with van der Waals surface area (Å²) in [5, 5.41) is 0. The summed E-state index contributed by atoms with van der Waals surface area (Å²) in [6, 6.07) is 7.81. The normalized spacial score (nSPS) is 20.5. The predicted molar refractivity (Wildman–Crippen MR) is 91.0 cm³/mol. The topological polar surface area (TPSA) is 63.2 Å². The third-order valence-electron chi connectivity index (χ3n) is 4.38. The molecule has 3 rings (SSSR count). The Balaban J connectivity index is 1.75. The maximum absolute atomic E-state index is 13.0. The summed E-state index contributed by atoms with van der Waals surface area (Å²) in [7, 11) is -3.84. The number of halogens is 1. The molecule has 1 heterocycles. The minimum absolute atomic E-state index is 0.0630. The minimum atomic E-state index is -3.84. The third kappa shape index (κ3) is 3.23. The molecule has 0 bridgehead atoms. The molecule has 0 spiro atoms. The highest BCUT2D eigenvalue weighted by molar-refractivity contribution is 7.92. The molecule has 24 heavy (non-hydrogen) atoms. The molecule has 0 saturated heterocycles. The first-order valence-corrected chi connectivity index (χ1v) is 9.97. The van der Waals surface area contributed by atoms with Gasteiger partial charge in [0.1, 0.15) is 10.0 Å². The van der Waals surface area contributed by atoms with Gasteiger partial charge < -0.3 is 0 Å². The summed E-state index contributed by atoms with van der Waals surface area (Å²) in [6.45, 7) is 3.54. The van der Waals surface area contributed by atoms with Crippen molar-refractivity contribution in [1.82, 2.24) is 4.72 Å². The second-order valence-corrected chi connectivity index (χ2v) is 9.27. The Morgan fingerprint density at radius 1 is 1.21 bits per heavy atom. The van der Waals surface area contributed by atoms with Gasteiger partial charge in [-0.1, -0.05) is 12.1 Å². The van der Waals surface area contributed by atoms with Crippen LogP contribution in [0.4, 0.5) is 4.39 Å². The Kier molecular flexibility index (Phi) is 4.48. The molecule has 1 aliphatic rings. The van der Waals surface area contributed by atoms with Crippen LogP contribution in [0.5, 0.6) is 0 Å². The van der Waals surface area contributed by atoms with Crippen LogP contribution in [0.2, 0.25) is 0 Å². The van der Waals surface area contributed by atoms with E-state index in [-0.39, 0.29) is 15.9 Å². The van der Waals surface area contributed by atoms with E-state index in [1.54, 1.807) is 25.1 Å². The van der Waals surface area contributed by atoms with E-state index in [1.165, 1.54) is 12.1 Å². The van der Waals surface area contributed by atoms with Crippen molar-refractivity contribution in [1.29, 1.82) is 0 Å². The molecule has 2 unspecified atom stereocenters. The van der Waals surface area contributed by atoms with Crippen LogP contribution in [-0.4, -0.2) is 14.3 Å². The zero-order chi connectivity index (χ0) is 17.5. The average Bonchev–Trinajstić information content (AvgIpc) is 2.79. The molecule has 1 aromatic heterocycles. The lowest BCUT2D eigenvalue weighted by Gasteiger charge is -2.35. The van der Waals surface area contributed by atoms with Crippen molar-refractivity contribution in [3.05, 3.63) is 52.2 Å². The van der Waals surface area contributed by atoms with E-state index < -0.39 is 21.8 Å². The van der Waals surface area contributed by atoms with E-state index in [9.17, 15) is 17.6 Å². The Morgan fingerprint density at radius 3 is 2.38 bits per heavy atom. The highest BCUT2D eigenvalue weighted by Gasteiger charge is 2.39. The van der Waals surface area contributed by atoms with Crippen molar-refractivity contribution in [2.24, 2.45) is 5.92 Å². The van der Waals surface area contributed by atoms with Gasteiger partial charge in [0, 0.05) is 10.8 Å². The lowest BCUT2D eigenvalue weighted by molar-refractivity contribution is -0.126. The SMILES string of the molecule is Cc1cc(C)c(S(=O)(=O)NC(=O)C2CCC2c2ccc(F)cc2)s1. The molecule has 1 N–H and O–H groups in total. The lowest BCUT2D eigenvalue weighted by atomic mass is 9.69. The fourth-order valence-corrected chi connectivity index (χ4v) is 5.76. The van der Waals surface area contributed by atoms with Crippen molar-refractivity contribution in [2.45, 2.75) is 36.8 Å². The summed E-state index contributed by atoms with van der Waals surface area (Å²) >= 11 is 1.16. The molecular formula is C17H18FNO3S2. The molecule has 1 aromatic carbocycles. The highest BCUT2D eigenvalue weighted by atomic mass is 32.2. The van der Waals surface area contributed by atoms with Crippen LogP contribution >= 0.6 is 11.3 Å². The van der Waals surface area contributed by atoms with Gasteiger partial charge in [-0.3, -0.25) is 4.79 Å². The molecule has 0 radical (unpaired) electrons. The first-order chi connectivity index (χ1) is 11.3. The van der Waals surface area contributed by atoms with Crippen molar-refractivity contribution < 1.29 is 17.6 Å². The molecule has 128 valence electrons. The number of nitrogens with one attached hydrogen (secondary N) is 1. The number of carbonyl (C=O) groups is 1. The molecule has 1 aliphatic carbocycles. The van der Waals surface area contributed by atoms with Gasteiger partial charge in [0.05, 0.1) is 0 Å². The van der Waals surface area contributed by atoms with E-state index >= 15 is 0 Å². The molecule has 1 amide bonds. The van der Waals surface area contributed by atoms with Gasteiger partial charge >= 0.3 is 0 Å². The molecule has 4 nitrogen and oxygen atoms in total. The predicted octanol–water partition coefficient (Wildman–Crippen LogP) is 3.50. The van der Waals surface area contributed by atoms with Crippen LogP contribution in [0.1, 0.15) is 34.8 Å². The standard InChI is InChI=1S/C17H18FNO3S2/c1-10-9-11(2)23-17(10)24(21,22)19-16(20)15-8-7-14(15)12-3-5-13(18)6-4-12/h3-6,9,14-15H,7-8H2,1-2H3,(H,19,20). The number of hydrogen-bond acceptors (Lipinski definition) is 4. The van der Waals surface area contributed by atoms with E-state index in [0.717, 1.165) is 28.2 Å². The number of hydrogen-bond donors (Lipinski definition) is 1. The molecule has 1 saturated carbocycles. The average molecular weight is 367 g/mol. The summed E-state index contributed by atoms with van der Waals surface area (Å²) in [5.41, 5.74) is 1.50. The maximum atomic E-state index is 13.0. The largest absolute Gasteiger partial charge is 0.274 e. The van der Waals surface area contributed by atoms with Crippen molar-refractivity contribution in [3.8, 4) is 0 Å². The molecule has 7 heteroatoms. The van der Waals surface area contributed by atoms with Gasteiger partial charge in [0.15, 0.2) is 0 Å². The summed E-state index contributed by atoms with van der Waals surface area (Å²) in [4.78, 5) is 13.3. The summed E-state index contributed by atoms with van der Waals surface area (Å²) in [5.74, 6) is -1.27. The number of sulfonamides is 1. The van der Waals surface area contributed by atoms with Crippen LogP contribution in [0.3, 0.4) is 0 Å². The van der Waals surface area contributed by atoms with Gasteiger partial charge in [-0.05, 0) is 61.9 Å². The van der Waals surface area contributed by atoms with Gasteiger partial charge in [-0.2, -0.15) is 0 Å². The second-order valence-electron chi connectivity index (χ2n) is 6.14. The van der Waals surface area contributed by atoms with E-state index in [1.807, 2.05) is 6.92 Å². The van der Waals surface area contributed by atoms with Crippen molar-refractivity contribution in [2.75, 3.05) is 0 Å². The number of rotatable bonds is 4. The quantitative estimate of drug-likeness (QED) is 0.899. The van der Waals surface area contributed by atoms with Crippen molar-refractivity contribution in [3.63, 3.8) is 0 Å². The van der Waals surface area contributed by atoms with Gasteiger partial charge in [-0.25, -0.2) is 17.5 Å². The number of aryl methyl sites for hydroxylation is 2. The van der Waals surface area contributed by atoms with E-state index in [4.69, 9.17) is 0 Å². The zero-order valence-electron chi connectivity index (χ0n) is 13.4. The third-order valence-corrected chi connectivity index (χ3v) is 7.52. The zero-order valence-corrected chi connectivity index (χ0v) is 15.0. The molecule has 0 aliphatic heterocycles. The van der Waals surface area contributed by atoms with Crippen LogP contribution in [0, 0.1) is 25.6 Å². The molecular weight excluding hydrogens is 349 g/mol. The van der Waals surface area contributed by atoms with Crippen LogP contribution < -0.4 is 4.72 Å². The van der Waals surface area contributed by atoms with E-state index in [2.05, 4.69) is 4.72 Å². The van der Waals surface area contributed by atoms with E-state index in [0.29, 0.717) is 12.0 Å². The maximum Gasteiger partial charge on any atom is 0.273 e. The van der Waals surface area contributed by atoms with Gasteiger partial charge in [0.25, 0.3) is 10.0 Å². The van der Waals surface area contributed by atoms with Crippen LogP contribution in [0.25, 0.3) is 0 Å². The Bertz CT molecular complexity index is 872.